The second-order valence-electron chi connectivity index (χ2n) is 14.5. The van der Waals surface area contributed by atoms with Crippen molar-refractivity contribution in [1.29, 1.82) is 0 Å². The molecular weight excluding hydrogens is 497 g/mol. The minimum absolute atomic E-state index is 0.0419. The van der Waals surface area contributed by atoms with E-state index >= 15 is 0 Å². The number of hydrogen-bond donors (Lipinski definition) is 0. The van der Waals surface area contributed by atoms with Crippen LogP contribution in [-0.2, 0) is 18.5 Å². The largest absolute Gasteiger partial charge is 0.414 e. The average Bonchev–Trinajstić information content (AvgIpc) is 3.04. The van der Waals surface area contributed by atoms with E-state index in [1.807, 2.05) is 0 Å². The van der Waals surface area contributed by atoms with Crippen LogP contribution in [0.15, 0.2) is 22.0 Å². The molecule has 4 rings (SSSR count). The van der Waals surface area contributed by atoms with E-state index in [9.17, 15) is 0 Å². The zero-order valence-corrected chi connectivity index (χ0v) is 27.4. The van der Waals surface area contributed by atoms with E-state index in [-0.39, 0.29) is 16.9 Å². The van der Waals surface area contributed by atoms with Gasteiger partial charge in [0, 0.05) is 11.5 Å². The highest BCUT2D eigenvalue weighted by molar-refractivity contribution is 6.70. The molecule has 0 spiro atoms. The Bertz CT molecular complexity index is 968. The van der Waals surface area contributed by atoms with E-state index in [0.717, 1.165) is 43.5 Å². The average molecular weight is 549 g/mol. The van der Waals surface area contributed by atoms with Crippen LogP contribution in [0.2, 0.25) is 39.3 Å². The fourth-order valence-electron chi connectivity index (χ4n) is 8.97. The van der Waals surface area contributed by atoms with E-state index in [4.69, 9.17) is 18.5 Å². The third-order valence-corrected chi connectivity index (χ3v) is 12.0. The Labute approximate surface area is 227 Å². The third-order valence-electron chi connectivity index (χ3n) is 10.0. The maximum absolute atomic E-state index is 7.25. The van der Waals surface area contributed by atoms with Crippen LogP contribution in [0.25, 0.3) is 0 Å². The molecular formula is C29H52N2O4Si2. The van der Waals surface area contributed by atoms with Crippen LogP contribution in [-0.4, -0.2) is 54.0 Å². The number of nitrogens with zero attached hydrogens (tertiary/aromatic N) is 2. The van der Waals surface area contributed by atoms with Crippen molar-refractivity contribution in [3.8, 4) is 0 Å². The lowest BCUT2D eigenvalue weighted by atomic mass is 9.45. The van der Waals surface area contributed by atoms with Crippen molar-refractivity contribution in [3.63, 3.8) is 0 Å². The van der Waals surface area contributed by atoms with E-state index < -0.39 is 22.2 Å². The van der Waals surface area contributed by atoms with Gasteiger partial charge in [-0.3, -0.25) is 0 Å². The molecule has 0 aromatic rings. The van der Waals surface area contributed by atoms with Gasteiger partial charge < -0.3 is 18.5 Å². The van der Waals surface area contributed by atoms with Gasteiger partial charge in [-0.1, -0.05) is 29.7 Å². The van der Waals surface area contributed by atoms with Crippen LogP contribution in [0.4, 0.5) is 0 Å². The summed E-state index contributed by atoms with van der Waals surface area (Å²) >= 11 is 0. The zero-order valence-electron chi connectivity index (χ0n) is 25.4. The maximum atomic E-state index is 7.25. The number of rotatable bonds is 7. The molecule has 0 N–H and O–H groups in total. The number of allylic oxidation sites excluding steroid dienone is 2. The Balaban J connectivity index is 1.83. The highest BCUT2D eigenvalue weighted by atomic mass is 28.4. The Morgan fingerprint density at radius 1 is 0.946 bits per heavy atom. The first-order chi connectivity index (χ1) is 17.1. The molecule has 4 aliphatic carbocycles. The Hall–Kier alpha value is -0.966. The molecule has 7 atom stereocenters. The van der Waals surface area contributed by atoms with Gasteiger partial charge in [0.05, 0.1) is 11.4 Å². The van der Waals surface area contributed by atoms with Crippen LogP contribution in [0.1, 0.15) is 65.7 Å². The maximum Gasteiger partial charge on any atom is 0.185 e. The summed E-state index contributed by atoms with van der Waals surface area (Å²) in [6.45, 7) is 21.2. The second-order valence-corrected chi connectivity index (χ2v) is 23.4. The van der Waals surface area contributed by atoms with Gasteiger partial charge in [-0.05, 0) is 120 Å². The molecule has 4 aliphatic rings. The van der Waals surface area contributed by atoms with Crippen LogP contribution in [0.3, 0.4) is 0 Å². The lowest BCUT2D eigenvalue weighted by Crippen LogP contribution is -2.64. The van der Waals surface area contributed by atoms with Crippen LogP contribution >= 0.6 is 0 Å². The Morgan fingerprint density at radius 2 is 1.65 bits per heavy atom. The lowest BCUT2D eigenvalue weighted by Gasteiger charge is -2.63. The quantitative estimate of drug-likeness (QED) is 0.189. The first-order valence-corrected chi connectivity index (χ1v) is 21.2. The molecule has 0 aromatic heterocycles. The Kier molecular flexibility index (Phi) is 7.76. The highest BCUT2D eigenvalue weighted by Crippen LogP contribution is 2.69. The summed E-state index contributed by atoms with van der Waals surface area (Å²) in [6.07, 6.45) is 10.2. The molecule has 0 aliphatic heterocycles. The number of fused-ring (bicyclic) bond motifs is 5. The number of hydrogen-bond acceptors (Lipinski definition) is 6. The molecule has 0 bridgehead atoms. The van der Waals surface area contributed by atoms with Gasteiger partial charge in [-0.25, -0.2) is 0 Å². The van der Waals surface area contributed by atoms with Gasteiger partial charge in [0.1, 0.15) is 19.8 Å². The molecule has 3 fully saturated rings. The molecule has 210 valence electrons. The fourth-order valence-corrected chi connectivity index (χ4v) is 11.6. The van der Waals surface area contributed by atoms with Gasteiger partial charge in [-0.15, -0.1) is 0 Å². The van der Waals surface area contributed by atoms with Crippen molar-refractivity contribution >= 4 is 28.1 Å². The first-order valence-electron chi connectivity index (χ1n) is 14.4. The summed E-state index contributed by atoms with van der Waals surface area (Å²) in [7, 11) is -0.369. The Morgan fingerprint density at radius 3 is 2.24 bits per heavy atom. The van der Waals surface area contributed by atoms with Crippen LogP contribution in [0.5, 0.6) is 0 Å². The molecule has 0 aromatic carbocycles. The van der Waals surface area contributed by atoms with E-state index in [1.54, 1.807) is 19.8 Å². The van der Waals surface area contributed by atoms with Gasteiger partial charge in [0.25, 0.3) is 0 Å². The molecule has 8 heteroatoms. The van der Waals surface area contributed by atoms with Crippen LogP contribution in [0, 0.1) is 28.6 Å². The molecule has 0 heterocycles. The zero-order chi connectivity index (χ0) is 27.4. The van der Waals surface area contributed by atoms with Gasteiger partial charge in [0.2, 0.25) is 0 Å². The first kappa shape index (κ1) is 29.0. The predicted molar refractivity (Wildman–Crippen MR) is 157 cm³/mol. The molecule has 0 amide bonds. The van der Waals surface area contributed by atoms with Crippen molar-refractivity contribution in [2.24, 2.45) is 38.9 Å². The standard InChI is InChI=1S/C29H52N2O4Si2/c1-20(30-32-4)29(35-37(9,10)11)17-15-24-23-13-12-21-18-22(31-33-5)14-16-27(21,2)26(23)25(19-28(24,29)3)34-36(6,7)8/h18,23-26H,12-17,19H2,1-11H3/b30-20+,31-22+/t23-,24-,25-,26+,27-,28-,29-/m0/s1. The SMILES string of the molecule is CO/N=C1/C=C2CC[C@@H]3[C@H]([C@@H](O[Si](C)(C)C)C[C@@]4(C)[C@H]3CC[C@]4(O[Si](C)(C)C)/C(C)=N/OC)[C@@]2(C)CC1. The molecule has 0 radical (unpaired) electrons. The van der Waals surface area contributed by atoms with E-state index in [1.165, 1.54) is 12.8 Å². The van der Waals surface area contributed by atoms with Gasteiger partial charge in [0.15, 0.2) is 16.6 Å². The third kappa shape index (κ3) is 5.05. The molecule has 6 nitrogen and oxygen atoms in total. The predicted octanol–water partition coefficient (Wildman–Crippen LogP) is 7.39. The summed E-state index contributed by atoms with van der Waals surface area (Å²) in [5.41, 5.74) is 3.36. The van der Waals surface area contributed by atoms with Crippen molar-refractivity contribution in [3.05, 3.63) is 11.6 Å². The summed E-state index contributed by atoms with van der Waals surface area (Å²) < 4.78 is 14.5. The summed E-state index contributed by atoms with van der Waals surface area (Å²) in [5.74, 6) is 1.72. The summed E-state index contributed by atoms with van der Waals surface area (Å²) in [5, 5.41) is 8.88. The molecule has 37 heavy (non-hydrogen) atoms. The van der Waals surface area contributed by atoms with Crippen molar-refractivity contribution < 1.29 is 18.5 Å². The lowest BCUT2D eigenvalue weighted by molar-refractivity contribution is -0.142. The van der Waals surface area contributed by atoms with Gasteiger partial charge >= 0.3 is 0 Å². The fraction of sp³-hybridized carbons (Fsp3) is 0.862. The minimum atomic E-state index is -1.88. The topological polar surface area (TPSA) is 61.6 Å². The van der Waals surface area contributed by atoms with Gasteiger partial charge in [-0.2, -0.15) is 0 Å². The normalized spacial score (nSPS) is 41.5. The second kappa shape index (κ2) is 9.90. The van der Waals surface area contributed by atoms with Crippen LogP contribution < -0.4 is 0 Å². The smallest absolute Gasteiger partial charge is 0.185 e. The molecule has 0 unspecified atom stereocenters. The number of oxime groups is 2. The van der Waals surface area contributed by atoms with E-state index in [2.05, 4.69) is 76.4 Å². The molecule has 3 saturated carbocycles. The van der Waals surface area contributed by atoms with Crippen molar-refractivity contribution in [1.82, 2.24) is 0 Å². The highest BCUT2D eigenvalue weighted by Gasteiger charge is 2.69. The van der Waals surface area contributed by atoms with E-state index in [0.29, 0.717) is 17.8 Å². The molecule has 0 saturated heterocycles. The van der Waals surface area contributed by atoms with Crippen molar-refractivity contribution in [2.45, 2.75) is 117 Å². The summed E-state index contributed by atoms with van der Waals surface area (Å²) in [4.78, 5) is 10.5. The monoisotopic (exact) mass is 548 g/mol. The summed E-state index contributed by atoms with van der Waals surface area (Å²) in [6, 6.07) is 0. The van der Waals surface area contributed by atoms with Crippen molar-refractivity contribution in [2.75, 3.05) is 14.2 Å². The minimum Gasteiger partial charge on any atom is -0.414 e.